The molecule has 0 heterocycles. The first-order chi connectivity index (χ1) is 13.1. The van der Waals surface area contributed by atoms with Gasteiger partial charge in [-0.3, -0.25) is 4.79 Å². The van der Waals surface area contributed by atoms with Crippen LogP contribution in [0, 0.1) is 17.3 Å². The van der Waals surface area contributed by atoms with Gasteiger partial charge in [-0.05, 0) is 62.5 Å². The fourth-order valence-corrected chi connectivity index (χ4v) is 6.75. The second kappa shape index (κ2) is 6.92. The number of nitrogens with one attached hydrogen (secondary N) is 1. The Kier molecular flexibility index (Phi) is 4.95. The van der Waals surface area contributed by atoms with E-state index in [1.165, 1.54) is 12.1 Å². The van der Waals surface area contributed by atoms with Gasteiger partial charge in [0.15, 0.2) is 0 Å². The van der Waals surface area contributed by atoms with Gasteiger partial charge in [-0.15, -0.1) is 0 Å². The predicted molar refractivity (Wildman–Crippen MR) is 99.4 cm³/mol. The van der Waals surface area contributed by atoms with Gasteiger partial charge >= 0.3 is 5.69 Å². The van der Waals surface area contributed by atoms with Crippen LogP contribution in [0.4, 0.5) is 8.78 Å². The maximum atomic E-state index is 15.0. The number of alkyl halides is 3. The predicted octanol–water partition coefficient (Wildman–Crippen LogP) is 3.89. The van der Waals surface area contributed by atoms with Crippen molar-refractivity contribution < 1.29 is 26.7 Å². The molecule has 0 saturated heterocycles. The third kappa shape index (κ3) is 3.66. The van der Waals surface area contributed by atoms with E-state index >= 15 is 4.39 Å². The van der Waals surface area contributed by atoms with E-state index < -0.39 is 38.3 Å². The molecule has 1 aromatic rings. The van der Waals surface area contributed by atoms with Crippen LogP contribution in [-0.4, -0.2) is 31.2 Å². The van der Waals surface area contributed by atoms with Crippen LogP contribution in [0.15, 0.2) is 30.3 Å². The van der Waals surface area contributed by atoms with Crippen LogP contribution in [0.3, 0.4) is 0 Å². The summed E-state index contributed by atoms with van der Waals surface area (Å²) < 4.78 is 60.5. The summed E-state index contributed by atoms with van der Waals surface area (Å²) >= 11 is 6.31. The molecule has 4 aliphatic carbocycles. The first kappa shape index (κ1) is 20.0. The largest absolute Gasteiger partial charge is 0.321 e. The second-order valence-corrected chi connectivity index (χ2v) is 10.6. The van der Waals surface area contributed by atoms with E-state index in [-0.39, 0.29) is 23.8 Å². The van der Waals surface area contributed by atoms with Gasteiger partial charge < -0.3 is 4.74 Å². The van der Waals surface area contributed by atoms with Crippen molar-refractivity contribution in [1.29, 1.82) is 0 Å². The van der Waals surface area contributed by atoms with Crippen LogP contribution in [-0.2, 0) is 14.8 Å². The summed E-state index contributed by atoms with van der Waals surface area (Å²) in [6.07, 6.45) is 3.27. The quantitative estimate of drug-likeness (QED) is 0.691. The minimum absolute atomic E-state index is 0.0705. The molecule has 4 aliphatic rings. The Morgan fingerprint density at radius 3 is 2.36 bits per heavy atom. The van der Waals surface area contributed by atoms with Crippen LogP contribution in [0.25, 0.3) is 0 Å². The summed E-state index contributed by atoms with van der Waals surface area (Å²) in [5.41, 5.74) is -6.14. The standard InChI is InChI=1S/C19H22ClF2NO4S/c20-16(18-7-12-6-13(8-18)10-19(22,9-12)11-18)27-17(21)28(25,26)23-15(24)14-4-2-1-3-5-14/h1-5,12-13,16-17H,6-11H2,(H,23,24). The first-order valence-electron chi connectivity index (χ1n) is 9.34. The lowest BCUT2D eigenvalue weighted by atomic mass is 9.48. The average Bonchev–Trinajstić information content (AvgIpc) is 2.60. The molecule has 4 atom stereocenters. The fraction of sp³-hybridized carbons (Fsp3) is 0.632. The molecule has 0 aliphatic heterocycles. The number of benzene rings is 1. The topological polar surface area (TPSA) is 72.5 Å². The molecule has 5 rings (SSSR count). The van der Waals surface area contributed by atoms with Crippen LogP contribution in [0.1, 0.15) is 48.9 Å². The molecule has 5 nitrogen and oxygen atoms in total. The van der Waals surface area contributed by atoms with Gasteiger partial charge in [-0.25, -0.2) is 17.5 Å². The smallest absolute Gasteiger partial charge is 0.315 e. The monoisotopic (exact) mass is 433 g/mol. The van der Waals surface area contributed by atoms with Crippen molar-refractivity contribution in [2.45, 2.75) is 55.4 Å². The first-order valence-corrected chi connectivity index (χ1v) is 11.3. The number of halogens is 3. The van der Waals surface area contributed by atoms with Crippen molar-refractivity contribution >= 4 is 27.5 Å². The molecule has 4 fully saturated rings. The molecule has 0 spiro atoms. The molecule has 4 saturated carbocycles. The van der Waals surface area contributed by atoms with E-state index in [0.717, 1.165) is 6.42 Å². The number of rotatable bonds is 6. The summed E-state index contributed by atoms with van der Waals surface area (Å²) in [4.78, 5) is 12.0. The highest BCUT2D eigenvalue weighted by Gasteiger charge is 2.61. The van der Waals surface area contributed by atoms with Gasteiger partial charge in [0.05, 0.1) is 0 Å². The molecule has 0 radical (unpaired) electrons. The molecular formula is C19H22ClF2NO4S. The molecule has 28 heavy (non-hydrogen) atoms. The van der Waals surface area contributed by atoms with Crippen LogP contribution < -0.4 is 4.72 Å². The van der Waals surface area contributed by atoms with Crippen LogP contribution >= 0.6 is 11.6 Å². The van der Waals surface area contributed by atoms with Gasteiger partial charge in [-0.2, -0.15) is 4.39 Å². The summed E-state index contributed by atoms with van der Waals surface area (Å²) in [7, 11) is -4.76. The zero-order chi connectivity index (χ0) is 20.2. The summed E-state index contributed by atoms with van der Waals surface area (Å²) in [6, 6.07) is 7.58. The Balaban J connectivity index is 1.44. The van der Waals surface area contributed by atoms with E-state index in [2.05, 4.69) is 0 Å². The Morgan fingerprint density at radius 2 is 1.79 bits per heavy atom. The lowest BCUT2D eigenvalue weighted by molar-refractivity contribution is -0.172. The van der Waals surface area contributed by atoms with Crippen molar-refractivity contribution in [2.75, 3.05) is 0 Å². The summed E-state index contributed by atoms with van der Waals surface area (Å²) in [6.45, 7) is 0. The second-order valence-electron chi connectivity index (χ2n) is 8.54. The number of carbonyl (C=O) groups excluding carboxylic acids is 1. The van der Waals surface area contributed by atoms with Crippen LogP contribution in [0.2, 0.25) is 0 Å². The van der Waals surface area contributed by atoms with Gasteiger partial charge in [-0.1, -0.05) is 29.8 Å². The SMILES string of the molecule is O=C(NS(=O)(=O)C(F)OC(Cl)C12CC3CC(CC(F)(C3)C1)C2)c1ccccc1. The molecular weight excluding hydrogens is 412 g/mol. The maximum Gasteiger partial charge on any atom is 0.321 e. The van der Waals surface area contributed by atoms with Gasteiger partial charge in [0, 0.05) is 11.0 Å². The highest BCUT2D eigenvalue weighted by Crippen LogP contribution is 2.65. The molecule has 0 aromatic heterocycles. The maximum absolute atomic E-state index is 15.0. The molecule has 1 amide bonds. The Bertz CT molecular complexity index is 852. The third-order valence-corrected chi connectivity index (χ3v) is 7.89. The molecule has 9 heteroatoms. The zero-order valence-corrected chi connectivity index (χ0v) is 16.7. The fourth-order valence-electron chi connectivity index (χ4n) is 5.62. The normalized spacial score (nSPS) is 36.1. The Hall–Kier alpha value is -1.25. The number of ether oxygens (including phenoxy) is 1. The average molecular weight is 434 g/mol. The van der Waals surface area contributed by atoms with Crippen LogP contribution in [0.5, 0.6) is 0 Å². The lowest BCUT2D eigenvalue weighted by Gasteiger charge is -2.60. The van der Waals surface area contributed by atoms with Crippen molar-refractivity contribution in [2.24, 2.45) is 17.3 Å². The van der Waals surface area contributed by atoms with E-state index in [1.807, 2.05) is 0 Å². The number of amides is 1. The Morgan fingerprint density at radius 1 is 1.18 bits per heavy atom. The molecule has 1 N–H and O–H groups in total. The van der Waals surface area contributed by atoms with Gasteiger partial charge in [0.25, 0.3) is 15.9 Å². The molecule has 4 unspecified atom stereocenters. The highest BCUT2D eigenvalue weighted by molar-refractivity contribution is 7.90. The molecule has 154 valence electrons. The van der Waals surface area contributed by atoms with E-state index in [4.69, 9.17) is 16.3 Å². The number of hydrogen-bond acceptors (Lipinski definition) is 4. The molecule has 4 bridgehead atoms. The van der Waals surface area contributed by atoms with Crippen molar-refractivity contribution in [3.05, 3.63) is 35.9 Å². The minimum atomic E-state index is -4.76. The number of hydrogen-bond donors (Lipinski definition) is 1. The lowest BCUT2D eigenvalue weighted by Crippen LogP contribution is -2.57. The van der Waals surface area contributed by atoms with Crippen molar-refractivity contribution in [3.63, 3.8) is 0 Å². The Labute approximate surface area is 167 Å². The summed E-state index contributed by atoms with van der Waals surface area (Å²) in [5, 5.41) is 0. The van der Waals surface area contributed by atoms with Gasteiger partial charge in [0.1, 0.15) is 11.2 Å². The number of sulfonamides is 1. The molecule has 1 aromatic carbocycles. The van der Waals surface area contributed by atoms with E-state index in [9.17, 15) is 17.6 Å². The van der Waals surface area contributed by atoms with Crippen molar-refractivity contribution in [3.8, 4) is 0 Å². The third-order valence-electron chi connectivity index (χ3n) is 6.26. The van der Waals surface area contributed by atoms with E-state index in [1.54, 1.807) is 22.9 Å². The summed E-state index contributed by atoms with van der Waals surface area (Å²) in [5.74, 6) is -0.623. The van der Waals surface area contributed by atoms with E-state index in [0.29, 0.717) is 25.7 Å². The minimum Gasteiger partial charge on any atom is -0.315 e. The van der Waals surface area contributed by atoms with Crippen molar-refractivity contribution in [1.82, 2.24) is 4.72 Å². The number of carbonyl (C=O) groups is 1. The van der Waals surface area contributed by atoms with Gasteiger partial charge in [0.2, 0.25) is 0 Å². The zero-order valence-electron chi connectivity index (χ0n) is 15.1. The highest BCUT2D eigenvalue weighted by atomic mass is 35.5.